The summed E-state index contributed by atoms with van der Waals surface area (Å²) in [6, 6.07) is 3.10. The van der Waals surface area contributed by atoms with Crippen LogP contribution in [0.3, 0.4) is 0 Å². The van der Waals surface area contributed by atoms with Crippen LogP contribution in [0.25, 0.3) is 0 Å². The van der Waals surface area contributed by atoms with E-state index in [4.69, 9.17) is 5.73 Å². The third-order valence-electron chi connectivity index (χ3n) is 2.20. The number of rotatable bonds is 4. The van der Waals surface area contributed by atoms with Crippen LogP contribution in [0, 0.1) is 0 Å². The lowest BCUT2D eigenvalue weighted by molar-refractivity contribution is -0.274. The van der Waals surface area contributed by atoms with Crippen LogP contribution in [-0.4, -0.2) is 18.3 Å². The summed E-state index contributed by atoms with van der Waals surface area (Å²) in [5.74, 6) is -1.07. The quantitative estimate of drug-likeness (QED) is 0.885. The molecule has 0 fully saturated rings. The molecule has 0 spiro atoms. The normalized spacial score (nSPS) is 12.9. The van der Waals surface area contributed by atoms with Crippen LogP contribution in [0.15, 0.2) is 22.7 Å². The number of halogens is 4. The van der Waals surface area contributed by atoms with Gasteiger partial charge in [0, 0.05) is 4.47 Å². The summed E-state index contributed by atoms with van der Waals surface area (Å²) in [6.07, 6.45) is -4.47. The minimum absolute atomic E-state index is 0.0885. The second-order valence-electron chi connectivity index (χ2n) is 3.69. The van der Waals surface area contributed by atoms with Gasteiger partial charge >= 0.3 is 6.36 Å². The van der Waals surface area contributed by atoms with Crippen molar-refractivity contribution < 1.29 is 22.7 Å². The Hall–Kier alpha value is -1.28. The van der Waals surface area contributed by atoms with E-state index in [1.165, 1.54) is 12.1 Å². The van der Waals surface area contributed by atoms with Crippen molar-refractivity contribution in [3.63, 3.8) is 0 Å². The van der Waals surface area contributed by atoms with E-state index < -0.39 is 24.1 Å². The summed E-state index contributed by atoms with van der Waals surface area (Å²) >= 11 is 3.03. The van der Waals surface area contributed by atoms with Gasteiger partial charge in [-0.25, -0.2) is 0 Å². The van der Waals surface area contributed by atoms with E-state index in [1.807, 2.05) is 0 Å². The van der Waals surface area contributed by atoms with Gasteiger partial charge < -0.3 is 15.8 Å². The first kappa shape index (κ1) is 15.8. The topological polar surface area (TPSA) is 64.4 Å². The van der Waals surface area contributed by atoms with Crippen molar-refractivity contribution in [2.75, 3.05) is 5.32 Å². The fourth-order valence-corrected chi connectivity index (χ4v) is 1.56. The number of hydrogen-bond acceptors (Lipinski definition) is 3. The Morgan fingerprint density at radius 2 is 2.16 bits per heavy atom. The lowest BCUT2D eigenvalue weighted by Gasteiger charge is -2.16. The summed E-state index contributed by atoms with van der Waals surface area (Å²) in [5, 5.41) is 2.30. The largest absolute Gasteiger partial charge is 0.573 e. The van der Waals surface area contributed by atoms with E-state index in [-0.39, 0.29) is 5.69 Å². The highest BCUT2D eigenvalue weighted by atomic mass is 79.9. The van der Waals surface area contributed by atoms with Crippen LogP contribution in [0.5, 0.6) is 5.75 Å². The molecule has 106 valence electrons. The highest BCUT2D eigenvalue weighted by Crippen LogP contribution is 2.33. The van der Waals surface area contributed by atoms with E-state index in [0.29, 0.717) is 10.9 Å². The number of benzene rings is 1. The maximum absolute atomic E-state index is 12.2. The van der Waals surface area contributed by atoms with Crippen molar-refractivity contribution in [3.05, 3.63) is 22.7 Å². The van der Waals surface area contributed by atoms with Crippen LogP contribution < -0.4 is 15.8 Å². The van der Waals surface area contributed by atoms with E-state index >= 15 is 0 Å². The van der Waals surface area contributed by atoms with Gasteiger partial charge in [0.2, 0.25) is 5.91 Å². The van der Waals surface area contributed by atoms with E-state index in [1.54, 1.807) is 6.92 Å². The molecule has 1 rings (SSSR count). The molecule has 0 bridgehead atoms. The third kappa shape index (κ3) is 5.07. The molecule has 1 aromatic carbocycles. The van der Waals surface area contributed by atoms with Crippen molar-refractivity contribution in [3.8, 4) is 5.75 Å². The lowest BCUT2D eigenvalue weighted by atomic mass is 10.2. The zero-order valence-electron chi connectivity index (χ0n) is 9.92. The molecule has 0 aliphatic carbocycles. The molecule has 0 heterocycles. The van der Waals surface area contributed by atoms with E-state index in [0.717, 1.165) is 6.07 Å². The summed E-state index contributed by atoms with van der Waals surface area (Å²) in [5.41, 5.74) is 5.40. The van der Waals surface area contributed by atoms with Crippen LogP contribution in [0.4, 0.5) is 18.9 Å². The Morgan fingerprint density at radius 1 is 1.53 bits per heavy atom. The first-order chi connectivity index (χ1) is 8.73. The van der Waals surface area contributed by atoms with E-state index in [2.05, 4.69) is 26.0 Å². The fraction of sp³-hybridized carbons (Fsp3) is 0.364. The van der Waals surface area contributed by atoms with Gasteiger partial charge in [-0.3, -0.25) is 4.79 Å². The molecule has 1 aromatic rings. The Morgan fingerprint density at radius 3 is 2.68 bits per heavy atom. The molecule has 0 unspecified atom stereocenters. The van der Waals surface area contributed by atoms with Crippen molar-refractivity contribution >= 4 is 27.5 Å². The molecule has 0 radical (unpaired) electrons. The first-order valence-electron chi connectivity index (χ1n) is 5.34. The molecule has 4 nitrogen and oxygen atoms in total. The van der Waals surface area contributed by atoms with Crippen molar-refractivity contribution in [2.24, 2.45) is 5.73 Å². The second kappa shape index (κ2) is 6.25. The highest BCUT2D eigenvalue weighted by molar-refractivity contribution is 9.10. The molecular weight excluding hydrogens is 329 g/mol. The van der Waals surface area contributed by atoms with Gasteiger partial charge in [0.05, 0.1) is 11.7 Å². The Labute approximate surface area is 116 Å². The van der Waals surface area contributed by atoms with Crippen LogP contribution in [0.1, 0.15) is 13.3 Å². The van der Waals surface area contributed by atoms with Crippen LogP contribution >= 0.6 is 15.9 Å². The number of nitrogens with two attached hydrogens (primary N) is 1. The maximum atomic E-state index is 12.2. The smallest absolute Gasteiger partial charge is 0.404 e. The zero-order valence-corrected chi connectivity index (χ0v) is 11.5. The average molecular weight is 341 g/mol. The lowest BCUT2D eigenvalue weighted by Crippen LogP contribution is -2.35. The molecule has 0 saturated carbocycles. The van der Waals surface area contributed by atoms with Gasteiger partial charge in [0.25, 0.3) is 0 Å². The number of anilines is 1. The number of hydrogen-bond donors (Lipinski definition) is 2. The molecule has 1 atom stereocenters. The molecule has 0 aliphatic rings. The number of amides is 1. The standard InChI is InChI=1S/C11H12BrF3N2O2/c1-2-7(16)10(18)17-8-4-3-6(12)5-9(8)19-11(13,14)15/h3-5,7H,2,16H2,1H3,(H,17,18)/t7-/m1/s1. The van der Waals surface area contributed by atoms with Crippen molar-refractivity contribution in [1.82, 2.24) is 0 Å². The first-order valence-corrected chi connectivity index (χ1v) is 6.14. The number of nitrogens with one attached hydrogen (secondary N) is 1. The zero-order chi connectivity index (χ0) is 14.6. The summed E-state index contributed by atoms with van der Waals surface area (Å²) < 4.78 is 41.0. The van der Waals surface area contributed by atoms with Gasteiger partial charge in [0.15, 0.2) is 5.75 Å². The van der Waals surface area contributed by atoms with Gasteiger partial charge in [0.1, 0.15) is 0 Å². The Bertz CT molecular complexity index is 466. The third-order valence-corrected chi connectivity index (χ3v) is 2.70. The van der Waals surface area contributed by atoms with Crippen molar-refractivity contribution in [1.29, 1.82) is 0 Å². The predicted octanol–water partition coefficient (Wildman–Crippen LogP) is 3.02. The van der Waals surface area contributed by atoms with Crippen molar-refractivity contribution in [2.45, 2.75) is 25.7 Å². The van der Waals surface area contributed by atoms with Gasteiger partial charge in [-0.05, 0) is 24.6 Å². The number of carbonyl (C=O) groups excluding carboxylic acids is 1. The molecule has 0 saturated heterocycles. The monoisotopic (exact) mass is 340 g/mol. The fourth-order valence-electron chi connectivity index (χ4n) is 1.22. The second-order valence-corrected chi connectivity index (χ2v) is 4.61. The minimum atomic E-state index is -4.84. The number of ether oxygens (including phenoxy) is 1. The molecular formula is C11H12BrF3N2O2. The van der Waals surface area contributed by atoms with E-state index in [9.17, 15) is 18.0 Å². The number of alkyl halides is 3. The van der Waals surface area contributed by atoms with Gasteiger partial charge in [-0.15, -0.1) is 13.2 Å². The molecule has 0 aliphatic heterocycles. The van der Waals surface area contributed by atoms with Gasteiger partial charge in [-0.1, -0.05) is 22.9 Å². The summed E-state index contributed by atoms with van der Waals surface area (Å²) in [4.78, 5) is 11.6. The van der Waals surface area contributed by atoms with Gasteiger partial charge in [-0.2, -0.15) is 0 Å². The SMILES string of the molecule is CC[C@@H](N)C(=O)Nc1ccc(Br)cc1OC(F)(F)F. The van der Waals surface area contributed by atoms with Crippen LogP contribution in [0.2, 0.25) is 0 Å². The molecule has 8 heteroatoms. The summed E-state index contributed by atoms with van der Waals surface area (Å²) in [7, 11) is 0. The Balaban J connectivity index is 2.97. The van der Waals surface area contributed by atoms with Crippen LogP contribution in [-0.2, 0) is 4.79 Å². The molecule has 3 N–H and O–H groups in total. The molecule has 19 heavy (non-hydrogen) atoms. The Kier molecular flexibility index (Phi) is 5.19. The predicted molar refractivity (Wildman–Crippen MR) is 67.7 cm³/mol. The highest BCUT2D eigenvalue weighted by Gasteiger charge is 2.32. The average Bonchev–Trinajstić information content (AvgIpc) is 2.29. The summed E-state index contributed by atoms with van der Waals surface area (Å²) in [6.45, 7) is 1.69. The minimum Gasteiger partial charge on any atom is -0.404 e. The maximum Gasteiger partial charge on any atom is 0.573 e. The molecule has 1 amide bonds. The number of carbonyl (C=O) groups is 1. The molecule has 0 aromatic heterocycles.